The highest BCUT2D eigenvalue weighted by Crippen LogP contribution is 2.48. The zero-order chi connectivity index (χ0) is 17.4. The van der Waals surface area contributed by atoms with Gasteiger partial charge >= 0.3 is 0 Å². The standard InChI is InChI=1S/C20H17ClN2OS/c1-12(24)17-10-18(17)13-2-4-14(5-3-13)20-19(11-22-23-20)25-16-8-6-15(21)7-9-16/h2-9,11,17-18H,10H2,1H3,(H,22,23). The van der Waals surface area contributed by atoms with E-state index in [1.165, 1.54) is 5.56 Å². The number of H-pyrrole nitrogens is 1. The van der Waals surface area contributed by atoms with Crippen LogP contribution >= 0.6 is 23.4 Å². The highest BCUT2D eigenvalue weighted by atomic mass is 35.5. The average Bonchev–Trinajstić information content (AvgIpc) is 3.30. The Hall–Kier alpha value is -2.04. The second kappa shape index (κ2) is 6.70. The van der Waals surface area contributed by atoms with Crippen molar-refractivity contribution in [2.45, 2.75) is 29.1 Å². The molecule has 5 heteroatoms. The monoisotopic (exact) mass is 368 g/mol. The molecular weight excluding hydrogens is 352 g/mol. The zero-order valence-electron chi connectivity index (χ0n) is 13.7. The molecule has 1 aliphatic carbocycles. The van der Waals surface area contributed by atoms with Gasteiger partial charge < -0.3 is 0 Å². The number of hydrogen-bond donors (Lipinski definition) is 1. The fraction of sp³-hybridized carbons (Fsp3) is 0.200. The highest BCUT2D eigenvalue weighted by molar-refractivity contribution is 7.99. The maximum Gasteiger partial charge on any atom is 0.133 e. The minimum atomic E-state index is 0.215. The number of aromatic amines is 1. The Balaban J connectivity index is 1.54. The van der Waals surface area contributed by atoms with E-state index < -0.39 is 0 Å². The number of nitrogens with zero attached hydrogens (tertiary/aromatic N) is 1. The first kappa shape index (κ1) is 16.4. The first-order valence-electron chi connectivity index (χ1n) is 8.20. The van der Waals surface area contributed by atoms with Gasteiger partial charge in [-0.25, -0.2) is 0 Å². The molecule has 2 aromatic carbocycles. The van der Waals surface area contributed by atoms with Crippen LogP contribution in [0.2, 0.25) is 5.02 Å². The topological polar surface area (TPSA) is 45.8 Å². The lowest BCUT2D eigenvalue weighted by Crippen LogP contribution is -1.94. The summed E-state index contributed by atoms with van der Waals surface area (Å²) in [5.74, 6) is 0.906. The van der Waals surface area contributed by atoms with Crippen molar-refractivity contribution in [3.8, 4) is 11.3 Å². The first-order valence-corrected chi connectivity index (χ1v) is 9.39. The van der Waals surface area contributed by atoms with Crippen LogP contribution in [0.3, 0.4) is 0 Å². The molecule has 25 heavy (non-hydrogen) atoms. The quantitative estimate of drug-likeness (QED) is 0.640. The van der Waals surface area contributed by atoms with E-state index in [0.717, 1.165) is 32.5 Å². The van der Waals surface area contributed by atoms with Crippen LogP contribution in [-0.4, -0.2) is 16.0 Å². The molecule has 0 saturated heterocycles. The van der Waals surface area contributed by atoms with Gasteiger partial charge in [0.2, 0.25) is 0 Å². The van der Waals surface area contributed by atoms with Gasteiger partial charge in [0.15, 0.2) is 0 Å². The minimum Gasteiger partial charge on any atom is -0.300 e. The maximum absolute atomic E-state index is 11.5. The lowest BCUT2D eigenvalue weighted by atomic mass is 10.0. The molecule has 4 rings (SSSR count). The van der Waals surface area contributed by atoms with Gasteiger partial charge in [0.1, 0.15) is 11.5 Å². The Bertz CT molecular complexity index is 902. The van der Waals surface area contributed by atoms with Crippen molar-refractivity contribution in [3.05, 3.63) is 65.3 Å². The smallest absolute Gasteiger partial charge is 0.133 e. The summed E-state index contributed by atoms with van der Waals surface area (Å²) in [4.78, 5) is 13.6. The average molecular weight is 369 g/mol. The molecule has 2 unspecified atom stereocenters. The lowest BCUT2D eigenvalue weighted by Gasteiger charge is -2.05. The van der Waals surface area contributed by atoms with Crippen LogP contribution in [0.4, 0.5) is 0 Å². The van der Waals surface area contributed by atoms with Gasteiger partial charge in [-0.3, -0.25) is 9.89 Å². The Kier molecular flexibility index (Phi) is 4.40. The van der Waals surface area contributed by atoms with Crippen molar-refractivity contribution in [1.82, 2.24) is 10.2 Å². The highest BCUT2D eigenvalue weighted by Gasteiger charge is 2.41. The number of carbonyl (C=O) groups is 1. The summed E-state index contributed by atoms with van der Waals surface area (Å²) < 4.78 is 0. The van der Waals surface area contributed by atoms with Gasteiger partial charge in [0.05, 0.1) is 4.90 Å². The number of aromatic nitrogens is 2. The van der Waals surface area contributed by atoms with Crippen LogP contribution in [0.15, 0.2) is 64.5 Å². The number of ketones is 1. The van der Waals surface area contributed by atoms with Crippen LogP contribution in [0.1, 0.15) is 24.8 Å². The number of benzene rings is 2. The predicted molar refractivity (Wildman–Crippen MR) is 101 cm³/mol. The van der Waals surface area contributed by atoms with E-state index in [4.69, 9.17) is 11.6 Å². The molecule has 2 atom stereocenters. The van der Waals surface area contributed by atoms with Crippen molar-refractivity contribution >= 4 is 29.1 Å². The zero-order valence-corrected chi connectivity index (χ0v) is 15.3. The van der Waals surface area contributed by atoms with Crippen molar-refractivity contribution in [2.24, 2.45) is 5.92 Å². The van der Waals surface area contributed by atoms with E-state index >= 15 is 0 Å². The van der Waals surface area contributed by atoms with Gasteiger partial charge in [0.25, 0.3) is 0 Å². The first-order chi connectivity index (χ1) is 12.1. The van der Waals surface area contributed by atoms with Crippen molar-refractivity contribution < 1.29 is 4.79 Å². The summed E-state index contributed by atoms with van der Waals surface area (Å²) in [6.07, 6.45) is 2.89. The van der Waals surface area contributed by atoms with Crippen molar-refractivity contribution in [1.29, 1.82) is 0 Å². The van der Waals surface area contributed by atoms with Crippen molar-refractivity contribution in [2.75, 3.05) is 0 Å². The van der Waals surface area contributed by atoms with Gasteiger partial charge in [0, 0.05) is 27.6 Å². The Labute approximate surface area is 155 Å². The fourth-order valence-corrected chi connectivity index (χ4v) is 4.12. The molecule has 0 bridgehead atoms. The minimum absolute atomic E-state index is 0.215. The largest absolute Gasteiger partial charge is 0.300 e. The van der Waals surface area contributed by atoms with Crippen LogP contribution in [0.5, 0.6) is 0 Å². The van der Waals surface area contributed by atoms with Gasteiger partial charge in [-0.05, 0) is 49.1 Å². The lowest BCUT2D eigenvalue weighted by molar-refractivity contribution is -0.118. The molecular formula is C20H17ClN2OS. The molecule has 1 aromatic heterocycles. The Morgan fingerprint density at radius 2 is 1.88 bits per heavy atom. The number of hydrogen-bond acceptors (Lipinski definition) is 3. The van der Waals surface area contributed by atoms with Crippen LogP contribution < -0.4 is 0 Å². The molecule has 3 nitrogen and oxygen atoms in total. The fourth-order valence-electron chi connectivity index (χ4n) is 3.09. The van der Waals surface area contributed by atoms with E-state index in [0.29, 0.717) is 11.7 Å². The number of Topliss-reactive ketones (excluding diaryl/α,β-unsaturated/α-hetero) is 1. The molecule has 1 N–H and O–H groups in total. The van der Waals surface area contributed by atoms with E-state index in [9.17, 15) is 4.79 Å². The van der Waals surface area contributed by atoms with Gasteiger partial charge in [-0.2, -0.15) is 5.10 Å². The molecule has 1 fully saturated rings. The molecule has 0 amide bonds. The van der Waals surface area contributed by atoms with E-state index in [1.807, 2.05) is 30.5 Å². The second-order valence-corrected chi connectivity index (χ2v) is 7.89. The summed E-state index contributed by atoms with van der Waals surface area (Å²) >= 11 is 7.60. The van der Waals surface area contributed by atoms with Gasteiger partial charge in [-0.15, -0.1) is 0 Å². The molecule has 126 valence electrons. The third kappa shape index (κ3) is 3.51. The third-order valence-electron chi connectivity index (χ3n) is 4.57. The normalized spacial score (nSPS) is 19.0. The van der Waals surface area contributed by atoms with Crippen LogP contribution in [0, 0.1) is 5.92 Å². The molecule has 1 heterocycles. The number of nitrogens with one attached hydrogen (secondary N) is 1. The number of carbonyl (C=O) groups excluding carboxylic acids is 1. The Morgan fingerprint density at radius 3 is 2.52 bits per heavy atom. The Morgan fingerprint density at radius 1 is 1.16 bits per heavy atom. The van der Waals surface area contributed by atoms with E-state index in [1.54, 1.807) is 18.7 Å². The molecule has 3 aromatic rings. The number of halogens is 1. The molecule has 0 radical (unpaired) electrons. The van der Waals surface area contributed by atoms with Gasteiger partial charge in [-0.1, -0.05) is 47.6 Å². The SMILES string of the molecule is CC(=O)C1CC1c1ccc(-c2n[nH]cc2Sc2ccc(Cl)cc2)cc1. The molecule has 1 saturated carbocycles. The van der Waals surface area contributed by atoms with Crippen LogP contribution in [0.25, 0.3) is 11.3 Å². The number of rotatable bonds is 5. The third-order valence-corrected chi connectivity index (χ3v) is 5.86. The summed E-state index contributed by atoms with van der Waals surface area (Å²) in [6, 6.07) is 16.2. The van der Waals surface area contributed by atoms with E-state index in [-0.39, 0.29) is 5.92 Å². The van der Waals surface area contributed by atoms with Crippen LogP contribution in [-0.2, 0) is 4.79 Å². The predicted octanol–water partition coefficient (Wildman–Crippen LogP) is 5.57. The summed E-state index contributed by atoms with van der Waals surface area (Å²) in [5, 5.41) is 8.10. The molecule has 1 aliphatic rings. The van der Waals surface area contributed by atoms with E-state index in [2.05, 4.69) is 34.5 Å². The maximum atomic E-state index is 11.5. The molecule has 0 aliphatic heterocycles. The van der Waals surface area contributed by atoms with Crippen molar-refractivity contribution in [3.63, 3.8) is 0 Å². The summed E-state index contributed by atoms with van der Waals surface area (Å²) in [7, 11) is 0. The summed E-state index contributed by atoms with van der Waals surface area (Å²) in [6.45, 7) is 1.68. The summed E-state index contributed by atoms with van der Waals surface area (Å²) in [5.41, 5.74) is 3.25. The molecule has 0 spiro atoms. The second-order valence-electron chi connectivity index (χ2n) is 6.34.